The number of aryl methyl sites for hydroxylation is 1. The maximum absolute atomic E-state index is 11.2. The molecular weight excluding hydrogens is 220 g/mol. The number of aliphatic hydroxyl groups is 1. The van der Waals surface area contributed by atoms with Crippen LogP contribution in [0.15, 0.2) is 0 Å². The molecule has 1 aromatic heterocycles. The quantitative estimate of drug-likeness (QED) is 0.653. The molecule has 1 aliphatic rings. The van der Waals surface area contributed by atoms with Gasteiger partial charge in [-0.3, -0.25) is 0 Å². The first-order chi connectivity index (χ1) is 6.89. The molecule has 0 bridgehead atoms. The Morgan fingerprint density at radius 1 is 1.60 bits per heavy atom. The van der Waals surface area contributed by atoms with Crippen molar-refractivity contribution in [3.05, 3.63) is 5.82 Å². The SMILES string of the molecule is Cn1nnc(CC2(O)CCS(=O)(=O)C2)n1. The highest BCUT2D eigenvalue weighted by Crippen LogP contribution is 2.25. The van der Waals surface area contributed by atoms with Crippen molar-refractivity contribution >= 4 is 9.84 Å². The summed E-state index contributed by atoms with van der Waals surface area (Å²) in [6, 6.07) is 0. The number of hydrogen-bond acceptors (Lipinski definition) is 6. The van der Waals surface area contributed by atoms with Gasteiger partial charge in [0.2, 0.25) is 0 Å². The zero-order valence-electron chi connectivity index (χ0n) is 8.29. The molecule has 84 valence electrons. The smallest absolute Gasteiger partial charge is 0.177 e. The summed E-state index contributed by atoms with van der Waals surface area (Å²) in [5.41, 5.74) is -1.22. The molecule has 1 atom stereocenters. The molecule has 0 saturated carbocycles. The summed E-state index contributed by atoms with van der Waals surface area (Å²) < 4.78 is 22.4. The summed E-state index contributed by atoms with van der Waals surface area (Å²) in [7, 11) is -1.48. The number of rotatable bonds is 2. The standard InChI is InChI=1S/C7H12N4O3S/c1-11-9-6(8-10-11)4-7(12)2-3-15(13,14)5-7/h12H,2-5H2,1H3. The Morgan fingerprint density at radius 3 is 2.80 bits per heavy atom. The molecule has 7 nitrogen and oxygen atoms in total. The van der Waals surface area contributed by atoms with Crippen molar-refractivity contribution in [1.82, 2.24) is 20.2 Å². The van der Waals surface area contributed by atoms with Crippen LogP contribution >= 0.6 is 0 Å². The largest absolute Gasteiger partial charge is 0.388 e. The van der Waals surface area contributed by atoms with Crippen LogP contribution in [0.2, 0.25) is 0 Å². The van der Waals surface area contributed by atoms with E-state index in [0.29, 0.717) is 5.82 Å². The van der Waals surface area contributed by atoms with E-state index < -0.39 is 15.4 Å². The Morgan fingerprint density at radius 2 is 2.33 bits per heavy atom. The van der Waals surface area contributed by atoms with E-state index >= 15 is 0 Å². The number of tetrazole rings is 1. The highest BCUT2D eigenvalue weighted by Gasteiger charge is 2.41. The third-order valence-corrected chi connectivity index (χ3v) is 4.21. The fourth-order valence-corrected chi connectivity index (χ4v) is 3.63. The van der Waals surface area contributed by atoms with E-state index in [9.17, 15) is 13.5 Å². The Balaban J connectivity index is 2.13. The van der Waals surface area contributed by atoms with Gasteiger partial charge in [0.15, 0.2) is 15.7 Å². The fourth-order valence-electron chi connectivity index (χ4n) is 1.73. The topological polar surface area (TPSA) is 98.0 Å². The van der Waals surface area contributed by atoms with Crippen molar-refractivity contribution < 1.29 is 13.5 Å². The first-order valence-corrected chi connectivity index (χ1v) is 6.36. The molecule has 1 aromatic rings. The molecule has 1 fully saturated rings. The van der Waals surface area contributed by atoms with Gasteiger partial charge in [-0.15, -0.1) is 10.2 Å². The van der Waals surface area contributed by atoms with Crippen LogP contribution in [-0.4, -0.2) is 50.8 Å². The van der Waals surface area contributed by atoms with Crippen LogP contribution in [0.1, 0.15) is 12.2 Å². The van der Waals surface area contributed by atoms with Gasteiger partial charge < -0.3 is 5.11 Å². The molecule has 2 rings (SSSR count). The Kier molecular flexibility index (Phi) is 2.27. The van der Waals surface area contributed by atoms with E-state index in [1.807, 2.05) is 0 Å². The maximum Gasteiger partial charge on any atom is 0.177 e. The monoisotopic (exact) mass is 232 g/mol. The van der Waals surface area contributed by atoms with Crippen molar-refractivity contribution in [3.63, 3.8) is 0 Å². The first-order valence-electron chi connectivity index (χ1n) is 4.54. The van der Waals surface area contributed by atoms with E-state index in [-0.39, 0.29) is 24.3 Å². The normalized spacial score (nSPS) is 29.5. The second-order valence-electron chi connectivity index (χ2n) is 3.94. The highest BCUT2D eigenvalue weighted by molar-refractivity contribution is 7.91. The molecule has 0 amide bonds. The molecular formula is C7H12N4O3S. The lowest BCUT2D eigenvalue weighted by Gasteiger charge is -2.17. The van der Waals surface area contributed by atoms with Gasteiger partial charge in [0.25, 0.3) is 0 Å². The molecule has 1 N–H and O–H groups in total. The minimum atomic E-state index is -3.10. The van der Waals surface area contributed by atoms with Crippen molar-refractivity contribution in [2.24, 2.45) is 7.05 Å². The van der Waals surface area contributed by atoms with Crippen molar-refractivity contribution in [3.8, 4) is 0 Å². The van der Waals surface area contributed by atoms with Gasteiger partial charge in [-0.25, -0.2) is 8.42 Å². The third kappa shape index (κ3) is 2.32. The Hall–Kier alpha value is -1.02. The van der Waals surface area contributed by atoms with Gasteiger partial charge in [-0.2, -0.15) is 4.80 Å². The van der Waals surface area contributed by atoms with Crippen LogP contribution in [0, 0.1) is 0 Å². The van der Waals surface area contributed by atoms with E-state index in [1.54, 1.807) is 7.05 Å². The van der Waals surface area contributed by atoms with Crippen LogP contribution in [0.4, 0.5) is 0 Å². The van der Waals surface area contributed by atoms with Crippen molar-refractivity contribution in [1.29, 1.82) is 0 Å². The van der Waals surface area contributed by atoms with Gasteiger partial charge in [-0.05, 0) is 11.6 Å². The van der Waals surface area contributed by atoms with E-state index in [4.69, 9.17) is 0 Å². The average molecular weight is 232 g/mol. The molecule has 2 heterocycles. The summed E-state index contributed by atoms with van der Waals surface area (Å²) in [4.78, 5) is 1.28. The molecule has 1 saturated heterocycles. The predicted molar refractivity (Wildman–Crippen MR) is 50.7 cm³/mol. The van der Waals surface area contributed by atoms with Crippen molar-refractivity contribution in [2.75, 3.05) is 11.5 Å². The zero-order chi connectivity index (χ0) is 11.1. The maximum atomic E-state index is 11.2. The van der Waals surface area contributed by atoms with Gasteiger partial charge in [-0.1, -0.05) is 0 Å². The van der Waals surface area contributed by atoms with Crippen LogP contribution in [-0.2, 0) is 23.3 Å². The Labute approximate surface area is 87.0 Å². The van der Waals surface area contributed by atoms with E-state index in [1.165, 1.54) is 4.80 Å². The summed E-state index contributed by atoms with van der Waals surface area (Å²) in [6.07, 6.45) is 0.383. The molecule has 15 heavy (non-hydrogen) atoms. The number of nitrogens with zero attached hydrogens (tertiary/aromatic N) is 4. The molecule has 0 aromatic carbocycles. The van der Waals surface area contributed by atoms with Gasteiger partial charge in [0.05, 0.1) is 24.2 Å². The van der Waals surface area contributed by atoms with Gasteiger partial charge >= 0.3 is 0 Å². The molecule has 8 heteroatoms. The first kappa shape index (κ1) is 10.5. The summed E-state index contributed by atoms with van der Waals surface area (Å²) >= 11 is 0. The second kappa shape index (κ2) is 3.24. The van der Waals surface area contributed by atoms with Crippen molar-refractivity contribution in [2.45, 2.75) is 18.4 Å². The molecule has 1 unspecified atom stereocenters. The highest BCUT2D eigenvalue weighted by atomic mass is 32.2. The predicted octanol–water partition coefficient (Wildman–Crippen LogP) is -1.70. The number of aromatic nitrogens is 4. The van der Waals surface area contributed by atoms with E-state index in [2.05, 4.69) is 15.4 Å². The Bertz CT molecular complexity index is 468. The zero-order valence-corrected chi connectivity index (χ0v) is 9.11. The number of sulfone groups is 1. The minimum absolute atomic E-state index is 0.0315. The van der Waals surface area contributed by atoms with E-state index in [0.717, 1.165) is 0 Å². The molecule has 1 aliphatic heterocycles. The lowest BCUT2D eigenvalue weighted by atomic mass is 9.99. The molecule has 0 spiro atoms. The van der Waals surface area contributed by atoms with Gasteiger partial charge in [0, 0.05) is 6.42 Å². The second-order valence-corrected chi connectivity index (χ2v) is 6.12. The van der Waals surface area contributed by atoms with Crippen LogP contribution in [0.3, 0.4) is 0 Å². The average Bonchev–Trinajstić information content (AvgIpc) is 2.57. The third-order valence-electron chi connectivity index (χ3n) is 2.40. The van der Waals surface area contributed by atoms with Gasteiger partial charge in [0.1, 0.15) is 0 Å². The van der Waals surface area contributed by atoms with Crippen LogP contribution in [0.5, 0.6) is 0 Å². The molecule has 0 radical (unpaired) electrons. The van der Waals surface area contributed by atoms with Crippen LogP contribution < -0.4 is 0 Å². The minimum Gasteiger partial charge on any atom is -0.388 e. The van der Waals surface area contributed by atoms with Crippen LogP contribution in [0.25, 0.3) is 0 Å². The summed E-state index contributed by atoms with van der Waals surface area (Å²) in [5, 5.41) is 21.2. The lowest BCUT2D eigenvalue weighted by Crippen LogP contribution is -2.33. The summed E-state index contributed by atoms with van der Waals surface area (Å²) in [5.74, 6) is 0.194. The lowest BCUT2D eigenvalue weighted by molar-refractivity contribution is 0.0660. The summed E-state index contributed by atoms with van der Waals surface area (Å²) in [6.45, 7) is 0. The number of hydrogen-bond donors (Lipinski definition) is 1. The fraction of sp³-hybridized carbons (Fsp3) is 0.857. The molecule has 0 aliphatic carbocycles.